The van der Waals surface area contributed by atoms with E-state index < -0.39 is 24.4 Å². The maximum atomic E-state index is 12.6. The zero-order chi connectivity index (χ0) is 17.2. The molecule has 10 heteroatoms. The van der Waals surface area contributed by atoms with Gasteiger partial charge in [-0.1, -0.05) is 11.6 Å². The Hall–Kier alpha value is -2.29. The van der Waals surface area contributed by atoms with Crippen molar-refractivity contribution >= 4 is 23.3 Å². The predicted molar refractivity (Wildman–Crippen MR) is 72.6 cm³/mol. The highest BCUT2D eigenvalue weighted by molar-refractivity contribution is 6.35. The molecule has 0 aliphatic carbocycles. The first kappa shape index (κ1) is 17.1. The zero-order valence-corrected chi connectivity index (χ0v) is 12.4. The molecule has 0 saturated carbocycles. The predicted octanol–water partition coefficient (Wildman–Crippen LogP) is 3.51. The lowest BCUT2D eigenvalue weighted by molar-refractivity contribution is -0.275. The lowest BCUT2D eigenvalue weighted by Gasteiger charge is -2.20. The van der Waals surface area contributed by atoms with Crippen molar-refractivity contribution in [3.05, 3.63) is 34.7 Å². The monoisotopic (exact) mass is 353 g/mol. The molecular weight excluding hydrogens is 343 g/mol. The third-order valence-electron chi connectivity index (χ3n) is 2.72. The van der Waals surface area contributed by atoms with E-state index in [0.717, 1.165) is 18.6 Å². The highest BCUT2D eigenvalue weighted by atomic mass is 35.5. The van der Waals surface area contributed by atoms with Gasteiger partial charge in [0, 0.05) is 0 Å². The molecule has 6 nitrogen and oxygen atoms in total. The lowest BCUT2D eigenvalue weighted by atomic mass is 10.1. The van der Waals surface area contributed by atoms with Crippen LogP contribution >= 0.6 is 11.6 Å². The van der Waals surface area contributed by atoms with Crippen LogP contribution in [0.5, 0.6) is 5.75 Å². The van der Waals surface area contributed by atoms with E-state index in [1.54, 1.807) is 0 Å². The molecule has 1 aliphatic heterocycles. The number of esters is 1. The van der Waals surface area contributed by atoms with Gasteiger partial charge in [-0.25, -0.2) is 4.79 Å². The molecule has 0 unspecified atom stereocenters. The fourth-order valence-corrected chi connectivity index (χ4v) is 2.12. The summed E-state index contributed by atoms with van der Waals surface area (Å²) in [6.45, 7) is 1.54. The summed E-state index contributed by atoms with van der Waals surface area (Å²) >= 11 is 5.99. The Labute approximate surface area is 133 Å². The van der Waals surface area contributed by atoms with Crippen molar-refractivity contribution in [1.29, 1.82) is 0 Å². The van der Waals surface area contributed by atoms with Crippen LogP contribution < -0.4 is 10.5 Å². The first-order valence-electron chi connectivity index (χ1n) is 6.25. The van der Waals surface area contributed by atoms with E-state index in [4.69, 9.17) is 31.5 Å². The summed E-state index contributed by atoms with van der Waals surface area (Å²) in [6.07, 6.45) is -4.06. The molecule has 2 rings (SSSR count). The van der Waals surface area contributed by atoms with Gasteiger partial charge in [-0.05, 0) is 13.0 Å². The topological polar surface area (TPSA) is 80.0 Å². The van der Waals surface area contributed by atoms with Gasteiger partial charge in [0.25, 0.3) is 6.29 Å². The van der Waals surface area contributed by atoms with Crippen LogP contribution in [0.15, 0.2) is 18.6 Å². The molecule has 0 saturated heterocycles. The second-order valence-electron chi connectivity index (χ2n) is 4.21. The molecule has 0 spiro atoms. The maximum Gasteiger partial charge on any atom is 0.573 e. The molecule has 0 bridgehead atoms. The molecule has 0 radical (unpaired) electrons. The summed E-state index contributed by atoms with van der Waals surface area (Å²) in [5.41, 5.74) is 4.80. The van der Waals surface area contributed by atoms with Crippen LogP contribution in [0.4, 0.5) is 18.9 Å². The molecule has 2 N–H and O–H groups in total. The van der Waals surface area contributed by atoms with Crippen LogP contribution in [0, 0.1) is 0 Å². The van der Waals surface area contributed by atoms with E-state index in [9.17, 15) is 18.0 Å². The number of halogens is 4. The smallest absolute Gasteiger partial charge is 0.462 e. The van der Waals surface area contributed by atoms with Gasteiger partial charge in [0.15, 0.2) is 0 Å². The third kappa shape index (κ3) is 3.73. The Morgan fingerprint density at radius 1 is 1.39 bits per heavy atom. The molecule has 0 fully saturated rings. The van der Waals surface area contributed by atoms with Crippen molar-refractivity contribution in [1.82, 2.24) is 0 Å². The van der Waals surface area contributed by atoms with E-state index in [2.05, 4.69) is 4.74 Å². The van der Waals surface area contributed by atoms with Crippen molar-refractivity contribution in [2.45, 2.75) is 19.6 Å². The first-order valence-corrected chi connectivity index (χ1v) is 6.63. The number of alkyl halides is 3. The molecule has 0 atom stereocenters. The van der Waals surface area contributed by atoms with E-state index in [0.29, 0.717) is 0 Å². The largest absolute Gasteiger partial charge is 0.573 e. The number of benzene rings is 1. The van der Waals surface area contributed by atoms with E-state index in [1.165, 1.54) is 6.92 Å². The molecule has 0 amide bonds. The number of hydrogen-bond donors (Lipinski definition) is 1. The number of carbonyl (C=O) groups is 1. The van der Waals surface area contributed by atoms with E-state index in [1.807, 2.05) is 0 Å². The number of ether oxygens (including phenoxy) is 4. The van der Waals surface area contributed by atoms with Gasteiger partial charge in [0.1, 0.15) is 18.3 Å². The fourth-order valence-electron chi connectivity index (χ4n) is 1.84. The number of nitrogens with two attached hydrogens (primary N) is 1. The average molecular weight is 354 g/mol. The second-order valence-corrected chi connectivity index (χ2v) is 4.59. The van der Waals surface area contributed by atoms with Crippen LogP contribution in [0.3, 0.4) is 0 Å². The molecule has 1 aromatic rings. The molecule has 0 aromatic heterocycles. The SMILES string of the molecule is CCOC(=O)c1cc(OC(F)(F)F)c(C2OC=CO2)c(Cl)c1N. The van der Waals surface area contributed by atoms with Crippen molar-refractivity contribution in [2.24, 2.45) is 0 Å². The van der Waals surface area contributed by atoms with Gasteiger partial charge in [0.05, 0.1) is 28.4 Å². The summed E-state index contributed by atoms with van der Waals surface area (Å²) < 4.78 is 56.4. The molecule has 1 heterocycles. The maximum absolute atomic E-state index is 12.6. The van der Waals surface area contributed by atoms with Crippen LogP contribution in [0.1, 0.15) is 29.1 Å². The van der Waals surface area contributed by atoms with Crippen molar-refractivity contribution in [3.8, 4) is 5.75 Å². The van der Waals surface area contributed by atoms with Gasteiger partial charge in [-0.2, -0.15) is 0 Å². The van der Waals surface area contributed by atoms with Gasteiger partial charge >= 0.3 is 12.3 Å². The first-order chi connectivity index (χ1) is 10.7. The quantitative estimate of drug-likeness (QED) is 0.659. The fraction of sp³-hybridized carbons (Fsp3) is 0.308. The molecule has 23 heavy (non-hydrogen) atoms. The Bertz CT molecular complexity index is 639. The minimum absolute atomic E-state index is 0.00583. The Morgan fingerprint density at radius 3 is 2.52 bits per heavy atom. The standard InChI is InChI=1S/C13H11ClF3NO5/c1-2-20-11(19)6-5-7(23-13(15,16)17)8(9(14)10(6)18)12-21-3-4-22-12/h3-5,12H,2,18H2,1H3. The minimum Gasteiger partial charge on any atom is -0.462 e. The Kier molecular flexibility index (Phi) is 4.79. The lowest BCUT2D eigenvalue weighted by Crippen LogP contribution is -2.20. The normalized spacial score (nSPS) is 14.3. The molecule has 1 aliphatic rings. The molecular formula is C13H11ClF3NO5. The number of carbonyl (C=O) groups excluding carboxylic acids is 1. The average Bonchev–Trinajstić information content (AvgIpc) is 2.95. The second kappa shape index (κ2) is 6.45. The third-order valence-corrected chi connectivity index (χ3v) is 3.13. The minimum atomic E-state index is -5.02. The summed E-state index contributed by atoms with van der Waals surface area (Å²) in [5.74, 6) is -1.70. The Morgan fingerprint density at radius 2 is 2.00 bits per heavy atom. The van der Waals surface area contributed by atoms with E-state index in [-0.39, 0.29) is 28.4 Å². The van der Waals surface area contributed by atoms with Crippen LogP contribution in [0.2, 0.25) is 5.02 Å². The van der Waals surface area contributed by atoms with Gasteiger partial charge in [-0.15, -0.1) is 13.2 Å². The number of rotatable bonds is 4. The number of nitrogen functional groups attached to an aromatic ring is 1. The van der Waals surface area contributed by atoms with Gasteiger partial charge < -0.3 is 24.7 Å². The van der Waals surface area contributed by atoms with Gasteiger partial charge in [-0.3, -0.25) is 0 Å². The number of anilines is 1. The molecule has 1 aromatic carbocycles. The van der Waals surface area contributed by atoms with E-state index >= 15 is 0 Å². The van der Waals surface area contributed by atoms with Crippen LogP contribution in [-0.2, 0) is 14.2 Å². The van der Waals surface area contributed by atoms with Crippen molar-refractivity contribution in [2.75, 3.05) is 12.3 Å². The summed E-state index contributed by atoms with van der Waals surface area (Å²) in [7, 11) is 0. The Balaban J connectivity index is 2.55. The number of hydrogen-bond acceptors (Lipinski definition) is 6. The van der Waals surface area contributed by atoms with Crippen molar-refractivity contribution < 1.29 is 36.9 Å². The highest BCUT2D eigenvalue weighted by Crippen LogP contribution is 2.43. The summed E-state index contributed by atoms with van der Waals surface area (Å²) in [5, 5.41) is -0.358. The van der Waals surface area contributed by atoms with Gasteiger partial charge in [0.2, 0.25) is 0 Å². The summed E-state index contributed by atoms with van der Waals surface area (Å²) in [4.78, 5) is 11.8. The van der Waals surface area contributed by atoms with Crippen molar-refractivity contribution in [3.63, 3.8) is 0 Å². The molecule has 126 valence electrons. The highest BCUT2D eigenvalue weighted by Gasteiger charge is 2.37. The summed E-state index contributed by atoms with van der Waals surface area (Å²) in [6, 6.07) is 0.785. The van der Waals surface area contributed by atoms with Crippen LogP contribution in [0.25, 0.3) is 0 Å². The van der Waals surface area contributed by atoms with Crippen LogP contribution in [-0.4, -0.2) is 18.9 Å². The zero-order valence-electron chi connectivity index (χ0n) is 11.6.